The summed E-state index contributed by atoms with van der Waals surface area (Å²) in [6.45, 7) is 16.3. The summed E-state index contributed by atoms with van der Waals surface area (Å²) < 4.78 is 0. The standard InChI is InChI=1S/C71H56N2/c1-46(30-34-59-47(2)70(3,4)63-41-56(33-37-60(59)63)69-43-57(48-20-11-7-12-21-48)42-66(73-69)49-22-13-8-14-23-49)52-28-19-29-53(38-52)54-31-35-61-62-36-32-55(40-65(62)71(5,6)64(61)39-54)58-44-67(50-24-15-9-16-25-50)72-68(45-58)51-26-17-10-18-27-51/h7-45H,1H2,2-6H3/b34-30-. The largest absolute Gasteiger partial charge is 0.248 e. The van der Waals surface area contributed by atoms with E-state index in [1.165, 1.54) is 66.8 Å². The van der Waals surface area contributed by atoms with Crippen molar-refractivity contribution in [1.82, 2.24) is 9.97 Å². The fourth-order valence-electron chi connectivity index (χ4n) is 11.1. The number of aromatic nitrogens is 2. The zero-order valence-corrected chi connectivity index (χ0v) is 42.1. The van der Waals surface area contributed by atoms with Gasteiger partial charge in [0.15, 0.2) is 0 Å². The highest BCUT2D eigenvalue weighted by Crippen LogP contribution is 2.52. The van der Waals surface area contributed by atoms with Crippen molar-refractivity contribution < 1.29 is 0 Å². The molecule has 0 N–H and O–H groups in total. The third-order valence-corrected chi connectivity index (χ3v) is 15.6. The molecule has 73 heavy (non-hydrogen) atoms. The lowest BCUT2D eigenvalue weighted by atomic mass is 9.80. The molecule has 2 heterocycles. The second kappa shape index (κ2) is 18.2. The second-order valence-electron chi connectivity index (χ2n) is 20.7. The number of benzene rings is 8. The summed E-state index contributed by atoms with van der Waals surface area (Å²) in [4.78, 5) is 10.4. The van der Waals surface area contributed by atoms with Crippen LogP contribution >= 0.6 is 0 Å². The summed E-state index contributed by atoms with van der Waals surface area (Å²) in [5.74, 6) is 0. The maximum Gasteiger partial charge on any atom is 0.0715 e. The molecule has 0 atom stereocenters. The van der Waals surface area contributed by atoms with Crippen molar-refractivity contribution in [3.8, 4) is 89.5 Å². The molecule has 0 spiro atoms. The van der Waals surface area contributed by atoms with Gasteiger partial charge in [-0.05, 0) is 139 Å². The van der Waals surface area contributed by atoms with Crippen LogP contribution in [0, 0.1) is 0 Å². The lowest BCUT2D eigenvalue weighted by Gasteiger charge is -2.23. The maximum atomic E-state index is 5.26. The first kappa shape index (κ1) is 45.4. The first-order chi connectivity index (χ1) is 35.5. The average Bonchev–Trinajstić information content (AvgIpc) is 3.79. The van der Waals surface area contributed by atoms with Crippen LogP contribution in [0.15, 0.2) is 249 Å². The molecule has 0 bridgehead atoms. The molecule has 0 aliphatic heterocycles. The van der Waals surface area contributed by atoms with Crippen LogP contribution in [0.3, 0.4) is 0 Å². The van der Waals surface area contributed by atoms with Crippen molar-refractivity contribution in [1.29, 1.82) is 0 Å². The van der Waals surface area contributed by atoms with E-state index < -0.39 is 0 Å². The molecule has 2 aliphatic carbocycles. The fourth-order valence-corrected chi connectivity index (χ4v) is 11.1. The van der Waals surface area contributed by atoms with E-state index in [-0.39, 0.29) is 10.8 Å². The smallest absolute Gasteiger partial charge is 0.0715 e. The molecule has 0 saturated carbocycles. The zero-order chi connectivity index (χ0) is 49.8. The van der Waals surface area contributed by atoms with Crippen LogP contribution in [-0.4, -0.2) is 9.97 Å². The first-order valence-electron chi connectivity index (χ1n) is 25.4. The number of fused-ring (bicyclic) bond motifs is 4. The van der Waals surface area contributed by atoms with E-state index in [2.05, 4.69) is 278 Å². The molecule has 2 aliphatic rings. The van der Waals surface area contributed by atoms with E-state index in [1.807, 2.05) is 0 Å². The SMILES string of the molecule is C=C(/C=C\C1=C(C)C(C)(C)c2cc(-c3cc(-c4ccccc4)cc(-c4ccccc4)n3)ccc21)c1cccc(-c2ccc3c(c2)C(C)(C)c2cc(-c4cc(-c5ccccc5)nc(-c5ccccc5)c4)ccc2-3)c1. The van der Waals surface area contributed by atoms with Crippen LogP contribution in [-0.2, 0) is 10.8 Å². The summed E-state index contributed by atoms with van der Waals surface area (Å²) in [6.07, 6.45) is 4.47. The minimum Gasteiger partial charge on any atom is -0.248 e. The third-order valence-electron chi connectivity index (χ3n) is 15.6. The maximum absolute atomic E-state index is 5.26. The Labute approximate surface area is 430 Å². The van der Waals surface area contributed by atoms with Crippen LogP contribution < -0.4 is 0 Å². The Morgan fingerprint density at radius 1 is 0.356 bits per heavy atom. The Balaban J connectivity index is 0.816. The molecule has 0 saturated heterocycles. The van der Waals surface area contributed by atoms with E-state index in [0.29, 0.717) is 0 Å². The van der Waals surface area contributed by atoms with Gasteiger partial charge in [0.25, 0.3) is 0 Å². The lowest BCUT2D eigenvalue weighted by molar-refractivity contribution is 0.639. The number of pyridine rings is 2. The normalized spacial score (nSPS) is 14.0. The van der Waals surface area contributed by atoms with Gasteiger partial charge in [0.05, 0.1) is 22.8 Å². The summed E-state index contributed by atoms with van der Waals surface area (Å²) in [5, 5.41) is 0. The Morgan fingerprint density at radius 3 is 1.26 bits per heavy atom. The average molecular weight is 937 g/mol. The van der Waals surface area contributed by atoms with Gasteiger partial charge in [-0.1, -0.05) is 228 Å². The van der Waals surface area contributed by atoms with Crippen molar-refractivity contribution >= 4 is 11.1 Å². The highest BCUT2D eigenvalue weighted by atomic mass is 14.7. The monoisotopic (exact) mass is 936 g/mol. The minimum absolute atomic E-state index is 0.162. The van der Waals surface area contributed by atoms with E-state index in [0.717, 1.165) is 67.3 Å². The van der Waals surface area contributed by atoms with E-state index >= 15 is 0 Å². The van der Waals surface area contributed by atoms with E-state index in [9.17, 15) is 0 Å². The van der Waals surface area contributed by atoms with Gasteiger partial charge in [0.2, 0.25) is 0 Å². The molecule has 12 rings (SSSR count). The number of hydrogen-bond donors (Lipinski definition) is 0. The van der Waals surface area contributed by atoms with Gasteiger partial charge in [-0.3, -0.25) is 0 Å². The van der Waals surface area contributed by atoms with Crippen LogP contribution in [0.25, 0.3) is 101 Å². The summed E-state index contributed by atoms with van der Waals surface area (Å²) in [7, 11) is 0. The molecule has 2 heteroatoms. The highest BCUT2D eigenvalue weighted by molar-refractivity contribution is 5.91. The van der Waals surface area contributed by atoms with Gasteiger partial charge < -0.3 is 0 Å². The molecular formula is C71H56N2. The first-order valence-corrected chi connectivity index (χ1v) is 25.4. The van der Waals surface area contributed by atoms with Crippen LogP contribution in [0.4, 0.5) is 0 Å². The van der Waals surface area contributed by atoms with Crippen molar-refractivity contribution in [2.24, 2.45) is 0 Å². The Kier molecular flexibility index (Phi) is 11.3. The number of rotatable bonds is 10. The molecule has 2 aromatic heterocycles. The predicted octanol–water partition coefficient (Wildman–Crippen LogP) is 18.8. The van der Waals surface area contributed by atoms with Gasteiger partial charge in [-0.25, -0.2) is 9.97 Å². The fraction of sp³-hybridized carbons (Fsp3) is 0.0986. The van der Waals surface area contributed by atoms with Gasteiger partial charge in [0.1, 0.15) is 0 Å². The number of hydrogen-bond acceptors (Lipinski definition) is 2. The summed E-state index contributed by atoms with van der Waals surface area (Å²) in [6, 6.07) is 80.8. The highest BCUT2D eigenvalue weighted by Gasteiger charge is 2.37. The zero-order valence-electron chi connectivity index (χ0n) is 42.1. The minimum atomic E-state index is -0.205. The lowest BCUT2D eigenvalue weighted by Crippen LogP contribution is -2.15. The number of nitrogens with zero attached hydrogens (tertiary/aromatic N) is 2. The van der Waals surface area contributed by atoms with Crippen molar-refractivity contribution in [2.75, 3.05) is 0 Å². The molecule has 0 radical (unpaired) electrons. The van der Waals surface area contributed by atoms with Crippen molar-refractivity contribution in [2.45, 2.75) is 45.4 Å². The van der Waals surface area contributed by atoms with Crippen LogP contribution in [0.2, 0.25) is 0 Å². The molecule has 0 fully saturated rings. The molecule has 0 amide bonds. The van der Waals surface area contributed by atoms with Crippen LogP contribution in [0.5, 0.6) is 0 Å². The molecule has 0 unspecified atom stereocenters. The van der Waals surface area contributed by atoms with Crippen LogP contribution in [0.1, 0.15) is 62.4 Å². The van der Waals surface area contributed by atoms with Crippen molar-refractivity contribution in [3.63, 3.8) is 0 Å². The predicted molar refractivity (Wildman–Crippen MR) is 308 cm³/mol. The van der Waals surface area contributed by atoms with E-state index in [1.54, 1.807) is 0 Å². The quantitative estimate of drug-likeness (QED) is 0.128. The van der Waals surface area contributed by atoms with Gasteiger partial charge >= 0.3 is 0 Å². The topological polar surface area (TPSA) is 25.8 Å². The molecular weight excluding hydrogens is 881 g/mol. The van der Waals surface area contributed by atoms with Crippen molar-refractivity contribution in [3.05, 3.63) is 277 Å². The third kappa shape index (κ3) is 8.29. The molecule has 8 aromatic carbocycles. The molecule has 350 valence electrons. The molecule has 10 aromatic rings. The molecule has 2 nitrogen and oxygen atoms in total. The Bertz CT molecular complexity index is 3720. The Morgan fingerprint density at radius 2 is 0.740 bits per heavy atom. The number of allylic oxidation sites excluding steroid dienone is 5. The van der Waals surface area contributed by atoms with Gasteiger partial charge in [-0.2, -0.15) is 0 Å². The summed E-state index contributed by atoms with van der Waals surface area (Å²) >= 11 is 0. The Hall–Kier alpha value is -8.72. The van der Waals surface area contributed by atoms with E-state index in [4.69, 9.17) is 9.97 Å². The van der Waals surface area contributed by atoms with Gasteiger partial charge in [-0.15, -0.1) is 0 Å². The summed E-state index contributed by atoms with van der Waals surface area (Å²) in [5.41, 5.74) is 27.5. The second-order valence-corrected chi connectivity index (χ2v) is 20.7. The van der Waals surface area contributed by atoms with Gasteiger partial charge in [0, 0.05) is 33.1 Å².